The number of ether oxygens (including phenoxy) is 1. The molecule has 1 aromatic rings. The second-order valence-electron chi connectivity index (χ2n) is 4.87. The van der Waals surface area contributed by atoms with Gasteiger partial charge in [-0.1, -0.05) is 32.3 Å². The number of hydrogen-bond acceptors (Lipinski definition) is 5. The summed E-state index contributed by atoms with van der Waals surface area (Å²) in [5, 5.41) is 3.87. The number of rotatable bonds is 8. The molecule has 0 spiro atoms. The number of nitrogens with zero attached hydrogens (tertiary/aromatic N) is 2. The molecule has 1 unspecified atom stereocenters. The van der Waals surface area contributed by atoms with Crippen LogP contribution in [-0.2, 0) is 16.0 Å². The van der Waals surface area contributed by atoms with Crippen molar-refractivity contribution in [2.24, 2.45) is 5.92 Å². The molecule has 5 heteroatoms. The van der Waals surface area contributed by atoms with Crippen LogP contribution in [-0.4, -0.2) is 23.0 Å². The number of hydrogen-bond donors (Lipinski definition) is 0. The Bertz CT molecular complexity index is 374. The van der Waals surface area contributed by atoms with Gasteiger partial charge in [0.05, 0.1) is 6.42 Å². The Kier molecular flexibility index (Phi) is 5.98. The maximum Gasteiger partial charge on any atom is 0.234 e. The predicted molar refractivity (Wildman–Crippen MR) is 67.1 cm³/mol. The van der Waals surface area contributed by atoms with Crippen LogP contribution in [0.25, 0.3) is 0 Å². The number of carbonyl (C=O) groups excluding carboxylic acids is 1. The van der Waals surface area contributed by atoms with Crippen molar-refractivity contribution in [2.45, 2.75) is 52.6 Å². The molecule has 5 nitrogen and oxygen atoms in total. The molecule has 102 valence electrons. The standard InChI is InChI=1S/C13H22N2O3/c1-5-6-11(17-4)13-14-12(18-15-13)8-10(16)7-9(2)3/h9,11H,5-8H2,1-4H3. The van der Waals surface area contributed by atoms with Crippen LogP contribution in [0.4, 0.5) is 0 Å². The second-order valence-corrected chi connectivity index (χ2v) is 4.87. The van der Waals surface area contributed by atoms with Gasteiger partial charge in [-0.3, -0.25) is 4.79 Å². The highest BCUT2D eigenvalue weighted by Gasteiger charge is 2.18. The molecule has 1 atom stereocenters. The van der Waals surface area contributed by atoms with E-state index in [0.717, 1.165) is 12.8 Å². The van der Waals surface area contributed by atoms with Gasteiger partial charge in [0.15, 0.2) is 0 Å². The Morgan fingerprint density at radius 1 is 1.44 bits per heavy atom. The molecule has 0 bridgehead atoms. The average Bonchev–Trinajstić information content (AvgIpc) is 2.72. The van der Waals surface area contributed by atoms with Crippen molar-refractivity contribution in [2.75, 3.05) is 7.11 Å². The summed E-state index contributed by atoms with van der Waals surface area (Å²) in [7, 11) is 1.63. The summed E-state index contributed by atoms with van der Waals surface area (Å²) in [6.45, 7) is 6.10. The molecule has 1 aromatic heterocycles. The topological polar surface area (TPSA) is 65.2 Å². The smallest absolute Gasteiger partial charge is 0.234 e. The van der Waals surface area contributed by atoms with Gasteiger partial charge in [-0.2, -0.15) is 4.98 Å². The fourth-order valence-electron chi connectivity index (χ4n) is 1.78. The van der Waals surface area contributed by atoms with E-state index < -0.39 is 0 Å². The van der Waals surface area contributed by atoms with E-state index in [9.17, 15) is 4.79 Å². The molecule has 0 saturated carbocycles. The van der Waals surface area contributed by atoms with Crippen molar-refractivity contribution in [1.29, 1.82) is 0 Å². The van der Waals surface area contributed by atoms with Crippen LogP contribution in [0.2, 0.25) is 0 Å². The molecule has 0 radical (unpaired) electrons. The Balaban J connectivity index is 2.59. The summed E-state index contributed by atoms with van der Waals surface area (Å²) >= 11 is 0. The molecule has 0 aliphatic rings. The van der Waals surface area contributed by atoms with Crippen molar-refractivity contribution < 1.29 is 14.1 Å². The van der Waals surface area contributed by atoms with Crippen molar-refractivity contribution in [3.8, 4) is 0 Å². The third kappa shape index (κ3) is 4.56. The molecule has 0 saturated heterocycles. The monoisotopic (exact) mass is 254 g/mol. The number of aromatic nitrogens is 2. The molecule has 0 amide bonds. The molecule has 0 N–H and O–H groups in total. The summed E-state index contributed by atoms with van der Waals surface area (Å²) in [6.07, 6.45) is 2.44. The first-order valence-corrected chi connectivity index (χ1v) is 6.43. The van der Waals surface area contributed by atoms with Gasteiger partial charge >= 0.3 is 0 Å². The van der Waals surface area contributed by atoms with E-state index in [1.807, 2.05) is 13.8 Å². The molecule has 1 rings (SSSR count). The van der Waals surface area contributed by atoms with Crippen LogP contribution in [0.1, 0.15) is 57.9 Å². The highest BCUT2D eigenvalue weighted by Crippen LogP contribution is 2.19. The Hall–Kier alpha value is -1.23. The SMILES string of the molecule is CCCC(OC)c1noc(CC(=O)CC(C)C)n1. The lowest BCUT2D eigenvalue weighted by Gasteiger charge is -2.08. The first kappa shape index (κ1) is 14.8. The van der Waals surface area contributed by atoms with Gasteiger partial charge in [-0.05, 0) is 12.3 Å². The lowest BCUT2D eigenvalue weighted by molar-refractivity contribution is -0.119. The highest BCUT2D eigenvalue weighted by atomic mass is 16.5. The Morgan fingerprint density at radius 2 is 2.17 bits per heavy atom. The van der Waals surface area contributed by atoms with Gasteiger partial charge in [0.2, 0.25) is 11.7 Å². The number of methoxy groups -OCH3 is 1. The second kappa shape index (κ2) is 7.26. The van der Waals surface area contributed by atoms with E-state index >= 15 is 0 Å². The lowest BCUT2D eigenvalue weighted by atomic mass is 10.1. The van der Waals surface area contributed by atoms with Crippen LogP contribution in [0.15, 0.2) is 4.52 Å². The minimum Gasteiger partial charge on any atom is -0.373 e. The van der Waals surface area contributed by atoms with Gasteiger partial charge in [0, 0.05) is 13.5 Å². The third-order valence-electron chi connectivity index (χ3n) is 2.59. The van der Waals surface area contributed by atoms with Crippen LogP contribution in [0.3, 0.4) is 0 Å². The molecule has 0 fully saturated rings. The molecule has 0 aromatic carbocycles. The van der Waals surface area contributed by atoms with Crippen LogP contribution >= 0.6 is 0 Å². The van der Waals surface area contributed by atoms with E-state index in [0.29, 0.717) is 24.1 Å². The largest absolute Gasteiger partial charge is 0.373 e. The van der Waals surface area contributed by atoms with Gasteiger partial charge in [-0.15, -0.1) is 0 Å². The average molecular weight is 254 g/mol. The zero-order chi connectivity index (χ0) is 13.5. The quantitative estimate of drug-likeness (QED) is 0.713. The Morgan fingerprint density at radius 3 is 2.72 bits per heavy atom. The zero-order valence-corrected chi connectivity index (χ0v) is 11.6. The molecule has 18 heavy (non-hydrogen) atoms. The number of Topliss-reactive ketones (excluding diaryl/α,β-unsaturated/α-hetero) is 1. The molecular formula is C13H22N2O3. The van der Waals surface area contributed by atoms with E-state index in [1.54, 1.807) is 7.11 Å². The maximum atomic E-state index is 11.6. The first-order chi connectivity index (χ1) is 8.56. The minimum atomic E-state index is -0.146. The lowest BCUT2D eigenvalue weighted by Crippen LogP contribution is -2.07. The van der Waals surface area contributed by atoms with Gasteiger partial charge in [-0.25, -0.2) is 0 Å². The van der Waals surface area contributed by atoms with Crippen LogP contribution in [0.5, 0.6) is 0 Å². The molecular weight excluding hydrogens is 232 g/mol. The zero-order valence-electron chi connectivity index (χ0n) is 11.6. The van der Waals surface area contributed by atoms with E-state index in [2.05, 4.69) is 17.1 Å². The fraction of sp³-hybridized carbons (Fsp3) is 0.769. The Labute approximate surface area is 108 Å². The van der Waals surface area contributed by atoms with Crippen molar-refractivity contribution >= 4 is 5.78 Å². The van der Waals surface area contributed by atoms with Crippen molar-refractivity contribution in [3.63, 3.8) is 0 Å². The normalized spacial score (nSPS) is 12.9. The fourth-order valence-corrected chi connectivity index (χ4v) is 1.78. The highest BCUT2D eigenvalue weighted by molar-refractivity contribution is 5.80. The number of carbonyl (C=O) groups is 1. The van der Waals surface area contributed by atoms with Gasteiger partial charge in [0.25, 0.3) is 0 Å². The van der Waals surface area contributed by atoms with Crippen molar-refractivity contribution in [3.05, 3.63) is 11.7 Å². The van der Waals surface area contributed by atoms with E-state index in [-0.39, 0.29) is 18.3 Å². The van der Waals surface area contributed by atoms with Crippen molar-refractivity contribution in [1.82, 2.24) is 10.1 Å². The van der Waals surface area contributed by atoms with E-state index in [1.165, 1.54) is 0 Å². The summed E-state index contributed by atoms with van der Waals surface area (Å²) < 4.78 is 10.4. The molecule has 0 aliphatic heterocycles. The van der Waals surface area contributed by atoms with Gasteiger partial charge < -0.3 is 9.26 Å². The first-order valence-electron chi connectivity index (χ1n) is 6.43. The van der Waals surface area contributed by atoms with Crippen LogP contribution < -0.4 is 0 Å². The summed E-state index contributed by atoms with van der Waals surface area (Å²) in [6, 6.07) is 0. The van der Waals surface area contributed by atoms with Crippen LogP contribution in [0, 0.1) is 5.92 Å². The number of ketones is 1. The summed E-state index contributed by atoms with van der Waals surface area (Å²) in [4.78, 5) is 15.9. The summed E-state index contributed by atoms with van der Waals surface area (Å²) in [5.41, 5.74) is 0. The van der Waals surface area contributed by atoms with E-state index in [4.69, 9.17) is 9.26 Å². The minimum absolute atomic E-state index is 0.129. The summed E-state index contributed by atoms with van der Waals surface area (Å²) in [5.74, 6) is 1.40. The molecule has 1 heterocycles. The molecule has 0 aliphatic carbocycles. The predicted octanol–water partition coefficient (Wildman–Crippen LogP) is 2.71. The van der Waals surface area contributed by atoms with Gasteiger partial charge in [0.1, 0.15) is 11.9 Å². The maximum absolute atomic E-state index is 11.6. The third-order valence-corrected chi connectivity index (χ3v) is 2.59.